The summed E-state index contributed by atoms with van der Waals surface area (Å²) >= 11 is 5.90. The molecule has 2 aromatic carbocycles. The zero-order valence-electron chi connectivity index (χ0n) is 13.4. The maximum Gasteiger partial charge on any atom is 0.187 e. The van der Waals surface area contributed by atoms with Crippen molar-refractivity contribution in [2.75, 3.05) is 11.9 Å². The van der Waals surface area contributed by atoms with Crippen LogP contribution in [0.5, 0.6) is 5.75 Å². The Bertz CT molecular complexity index is 714. The maximum atomic E-state index is 13.0. The number of anilines is 1. The van der Waals surface area contributed by atoms with Crippen LogP contribution in [0.15, 0.2) is 54.7 Å². The van der Waals surface area contributed by atoms with Crippen LogP contribution in [0.1, 0.15) is 30.1 Å². The van der Waals surface area contributed by atoms with Gasteiger partial charge in [0.2, 0.25) is 0 Å². The van der Waals surface area contributed by atoms with Gasteiger partial charge in [0.1, 0.15) is 11.6 Å². The van der Waals surface area contributed by atoms with Gasteiger partial charge in [0, 0.05) is 17.8 Å². The number of hydrogen-bond donors (Lipinski definition) is 1. The number of benzene rings is 2. The van der Waals surface area contributed by atoms with E-state index in [1.165, 1.54) is 30.5 Å². The fourth-order valence-corrected chi connectivity index (χ4v) is 2.18. The van der Waals surface area contributed by atoms with E-state index in [0.29, 0.717) is 17.9 Å². The molecular weight excluding hydrogens is 329 g/mol. The average molecular weight is 348 g/mol. The van der Waals surface area contributed by atoms with E-state index in [9.17, 15) is 9.18 Å². The molecule has 5 heteroatoms. The predicted octanol–water partition coefficient (Wildman–Crippen LogP) is 5.47. The molecule has 0 saturated carbocycles. The van der Waals surface area contributed by atoms with Gasteiger partial charge in [-0.25, -0.2) is 4.39 Å². The van der Waals surface area contributed by atoms with Crippen molar-refractivity contribution in [1.82, 2.24) is 0 Å². The van der Waals surface area contributed by atoms with Crippen LogP contribution in [-0.4, -0.2) is 12.4 Å². The van der Waals surface area contributed by atoms with Gasteiger partial charge in [-0.3, -0.25) is 4.79 Å². The number of ketones is 1. The second kappa shape index (κ2) is 9.08. The minimum Gasteiger partial charge on any atom is -0.494 e. The third-order valence-electron chi connectivity index (χ3n) is 3.31. The zero-order chi connectivity index (χ0) is 17.4. The van der Waals surface area contributed by atoms with Gasteiger partial charge in [-0.05, 0) is 48.9 Å². The maximum absolute atomic E-state index is 13.0. The minimum absolute atomic E-state index is 0.152. The Kier molecular flexibility index (Phi) is 6.82. The van der Waals surface area contributed by atoms with Crippen LogP contribution in [0.4, 0.5) is 10.1 Å². The van der Waals surface area contributed by atoms with Gasteiger partial charge >= 0.3 is 0 Å². The minimum atomic E-state index is -0.410. The van der Waals surface area contributed by atoms with Gasteiger partial charge in [-0.15, -0.1) is 0 Å². The monoisotopic (exact) mass is 347 g/mol. The lowest BCUT2D eigenvalue weighted by Gasteiger charge is -2.05. The molecule has 2 aromatic rings. The molecule has 2 rings (SSSR count). The summed E-state index contributed by atoms with van der Waals surface area (Å²) in [4.78, 5) is 12.1. The summed E-state index contributed by atoms with van der Waals surface area (Å²) in [6.45, 7) is 2.77. The molecule has 0 saturated heterocycles. The lowest BCUT2D eigenvalue weighted by Crippen LogP contribution is -1.99. The van der Waals surface area contributed by atoms with Crippen molar-refractivity contribution in [2.24, 2.45) is 0 Å². The first-order chi connectivity index (χ1) is 11.6. The summed E-state index contributed by atoms with van der Waals surface area (Å²) in [6.07, 6.45) is 4.95. The van der Waals surface area contributed by atoms with Gasteiger partial charge < -0.3 is 10.1 Å². The topological polar surface area (TPSA) is 38.3 Å². The first-order valence-electron chi connectivity index (χ1n) is 7.75. The van der Waals surface area contributed by atoms with E-state index in [1.807, 2.05) is 0 Å². The van der Waals surface area contributed by atoms with E-state index < -0.39 is 5.82 Å². The van der Waals surface area contributed by atoms with E-state index in [0.717, 1.165) is 18.6 Å². The third kappa shape index (κ3) is 5.39. The van der Waals surface area contributed by atoms with Gasteiger partial charge in [0.25, 0.3) is 0 Å². The summed E-state index contributed by atoms with van der Waals surface area (Å²) < 4.78 is 18.5. The van der Waals surface area contributed by atoms with Crippen LogP contribution in [-0.2, 0) is 0 Å². The second-order valence-electron chi connectivity index (χ2n) is 5.19. The van der Waals surface area contributed by atoms with Gasteiger partial charge in [0.15, 0.2) is 5.78 Å². The molecule has 1 N–H and O–H groups in total. The molecule has 3 nitrogen and oxygen atoms in total. The van der Waals surface area contributed by atoms with E-state index in [2.05, 4.69) is 12.2 Å². The third-order valence-corrected chi connectivity index (χ3v) is 3.62. The van der Waals surface area contributed by atoms with Crippen LogP contribution >= 0.6 is 11.6 Å². The van der Waals surface area contributed by atoms with Crippen molar-refractivity contribution in [3.8, 4) is 5.75 Å². The Morgan fingerprint density at radius 1 is 1.25 bits per heavy atom. The molecule has 0 bridgehead atoms. The molecule has 0 aromatic heterocycles. The quantitative estimate of drug-likeness (QED) is 0.391. The predicted molar refractivity (Wildman–Crippen MR) is 95.3 cm³/mol. The van der Waals surface area contributed by atoms with Crippen LogP contribution in [0.25, 0.3) is 0 Å². The molecule has 126 valence electrons. The van der Waals surface area contributed by atoms with E-state index in [1.54, 1.807) is 24.3 Å². The molecule has 0 fully saturated rings. The first kappa shape index (κ1) is 18.0. The van der Waals surface area contributed by atoms with Crippen molar-refractivity contribution >= 4 is 23.1 Å². The highest BCUT2D eigenvalue weighted by Crippen LogP contribution is 2.22. The largest absolute Gasteiger partial charge is 0.494 e. The van der Waals surface area contributed by atoms with Crippen LogP contribution < -0.4 is 10.1 Å². The molecule has 0 heterocycles. The number of allylic oxidation sites excluding steroid dienone is 1. The van der Waals surface area contributed by atoms with Gasteiger partial charge in [0.05, 0.1) is 17.3 Å². The van der Waals surface area contributed by atoms with Crippen molar-refractivity contribution in [2.45, 2.75) is 19.8 Å². The van der Waals surface area contributed by atoms with Crippen molar-refractivity contribution in [3.05, 3.63) is 71.1 Å². The lowest BCUT2D eigenvalue weighted by molar-refractivity contribution is 0.104. The molecule has 0 aliphatic carbocycles. The Hall–Kier alpha value is -2.33. The molecule has 0 radical (unpaired) electrons. The highest BCUT2D eigenvalue weighted by Gasteiger charge is 2.03. The molecule has 0 amide bonds. The number of nitrogens with one attached hydrogen (secondary N) is 1. The van der Waals surface area contributed by atoms with Crippen molar-refractivity contribution in [3.63, 3.8) is 0 Å². The fourth-order valence-electron chi connectivity index (χ4n) is 1.96. The molecule has 24 heavy (non-hydrogen) atoms. The zero-order valence-corrected chi connectivity index (χ0v) is 14.1. The van der Waals surface area contributed by atoms with E-state index in [-0.39, 0.29) is 10.8 Å². The number of rotatable bonds is 8. The van der Waals surface area contributed by atoms with E-state index >= 15 is 0 Å². The number of halogens is 2. The lowest BCUT2D eigenvalue weighted by atomic mass is 10.1. The second-order valence-corrected chi connectivity index (χ2v) is 5.60. The Balaban J connectivity index is 1.91. The summed E-state index contributed by atoms with van der Waals surface area (Å²) in [5.74, 6) is 0.188. The first-order valence-corrected chi connectivity index (χ1v) is 8.13. The highest BCUT2D eigenvalue weighted by atomic mass is 35.5. The molecule has 0 aliphatic rings. The molecule has 0 aliphatic heterocycles. The van der Waals surface area contributed by atoms with E-state index in [4.69, 9.17) is 16.3 Å². The van der Waals surface area contributed by atoms with Crippen LogP contribution in [0, 0.1) is 5.82 Å². The number of carbonyl (C=O) groups is 1. The number of carbonyl (C=O) groups excluding carboxylic acids is 1. The summed E-state index contributed by atoms with van der Waals surface area (Å²) in [5.41, 5.74) is 1.09. The standard InChI is InChI=1S/C19H19ClFNO2/c1-2-3-12-24-16-7-4-14(5-8-16)19(23)10-11-22-18-9-6-15(21)13-17(18)20/h4-11,13,22H,2-3,12H2,1H3. The number of unbranched alkanes of at least 4 members (excludes halogenated alkanes) is 1. The van der Waals surface area contributed by atoms with Crippen molar-refractivity contribution < 1.29 is 13.9 Å². The number of hydrogen-bond acceptors (Lipinski definition) is 3. The molecule has 0 atom stereocenters. The summed E-state index contributed by atoms with van der Waals surface area (Å²) in [7, 11) is 0. The Labute approximate surface area is 146 Å². The Morgan fingerprint density at radius 2 is 2.00 bits per heavy atom. The normalized spacial score (nSPS) is 10.8. The summed E-state index contributed by atoms with van der Waals surface area (Å²) in [5, 5.41) is 3.11. The Morgan fingerprint density at radius 3 is 2.67 bits per heavy atom. The smallest absolute Gasteiger partial charge is 0.187 e. The summed E-state index contributed by atoms with van der Waals surface area (Å²) in [6, 6.07) is 11.0. The average Bonchev–Trinajstić information content (AvgIpc) is 2.57. The van der Waals surface area contributed by atoms with Gasteiger partial charge in [-0.1, -0.05) is 24.9 Å². The van der Waals surface area contributed by atoms with Gasteiger partial charge in [-0.2, -0.15) is 0 Å². The molecule has 0 unspecified atom stereocenters. The molecular formula is C19H19ClFNO2. The van der Waals surface area contributed by atoms with Crippen LogP contribution in [0.2, 0.25) is 5.02 Å². The van der Waals surface area contributed by atoms with Crippen LogP contribution in [0.3, 0.4) is 0 Å². The highest BCUT2D eigenvalue weighted by molar-refractivity contribution is 6.33. The molecule has 0 spiro atoms. The number of ether oxygens (including phenoxy) is 1. The fraction of sp³-hybridized carbons (Fsp3) is 0.211. The van der Waals surface area contributed by atoms with Crippen molar-refractivity contribution in [1.29, 1.82) is 0 Å². The SMILES string of the molecule is CCCCOc1ccc(C(=O)C=CNc2ccc(F)cc2Cl)cc1.